The largest absolute Gasteiger partial charge is 0.496 e. The number of ether oxygens (including phenoxy) is 1. The molecule has 0 saturated carbocycles. The molecule has 1 aliphatic heterocycles. The molecule has 0 aromatic heterocycles. The van der Waals surface area contributed by atoms with Gasteiger partial charge in [-0.2, -0.15) is 0 Å². The number of halogens is 1. The summed E-state index contributed by atoms with van der Waals surface area (Å²) in [7, 11) is 1.55. The number of piperidine rings is 1. The fourth-order valence-corrected chi connectivity index (χ4v) is 2.50. The van der Waals surface area contributed by atoms with Crippen molar-refractivity contribution in [1.82, 2.24) is 10.6 Å². The Morgan fingerprint density at radius 3 is 3.00 bits per heavy atom. The highest BCUT2D eigenvalue weighted by Crippen LogP contribution is 2.23. The number of rotatable bonds is 3. The SMILES string of the molecule is COc1ccc(Cl)cc1C(=O)NC1CCNCC1C. The van der Waals surface area contributed by atoms with E-state index >= 15 is 0 Å². The Morgan fingerprint density at radius 1 is 1.53 bits per heavy atom. The molecule has 1 amide bonds. The van der Waals surface area contributed by atoms with Gasteiger partial charge in [0.25, 0.3) is 5.91 Å². The molecule has 4 nitrogen and oxygen atoms in total. The van der Waals surface area contributed by atoms with Gasteiger partial charge in [0.1, 0.15) is 5.75 Å². The topological polar surface area (TPSA) is 50.4 Å². The van der Waals surface area contributed by atoms with E-state index in [-0.39, 0.29) is 11.9 Å². The van der Waals surface area contributed by atoms with Crippen LogP contribution in [-0.2, 0) is 0 Å². The van der Waals surface area contributed by atoms with Crippen LogP contribution in [0, 0.1) is 5.92 Å². The Labute approximate surface area is 118 Å². The van der Waals surface area contributed by atoms with Gasteiger partial charge in [0, 0.05) is 11.1 Å². The minimum Gasteiger partial charge on any atom is -0.496 e. The lowest BCUT2D eigenvalue weighted by atomic mass is 9.95. The Bertz CT molecular complexity index is 465. The summed E-state index contributed by atoms with van der Waals surface area (Å²) in [6.45, 7) is 3.99. The van der Waals surface area contributed by atoms with Crippen LogP contribution in [-0.4, -0.2) is 32.1 Å². The second-order valence-electron chi connectivity index (χ2n) is 4.89. The molecule has 1 heterocycles. The molecule has 104 valence electrons. The zero-order chi connectivity index (χ0) is 13.8. The fraction of sp³-hybridized carbons (Fsp3) is 0.500. The molecule has 1 aromatic carbocycles. The number of methoxy groups -OCH3 is 1. The second-order valence-corrected chi connectivity index (χ2v) is 5.33. The first kappa shape index (κ1) is 14.2. The maximum Gasteiger partial charge on any atom is 0.255 e. The van der Waals surface area contributed by atoms with Crippen LogP contribution in [0.25, 0.3) is 0 Å². The van der Waals surface area contributed by atoms with Crippen LogP contribution in [0.15, 0.2) is 18.2 Å². The number of nitrogens with one attached hydrogen (secondary N) is 2. The van der Waals surface area contributed by atoms with E-state index < -0.39 is 0 Å². The molecule has 0 radical (unpaired) electrons. The van der Waals surface area contributed by atoms with Crippen LogP contribution in [0.5, 0.6) is 5.75 Å². The van der Waals surface area contributed by atoms with Gasteiger partial charge in [0.05, 0.1) is 12.7 Å². The standard InChI is InChI=1S/C14H19ClN2O2/c1-9-8-16-6-5-12(9)17-14(18)11-7-10(15)3-4-13(11)19-2/h3-4,7,9,12,16H,5-6,8H2,1-2H3,(H,17,18). The molecule has 1 aliphatic rings. The molecule has 0 spiro atoms. The number of amides is 1. The molecular formula is C14H19ClN2O2. The van der Waals surface area contributed by atoms with E-state index in [0.717, 1.165) is 19.5 Å². The van der Waals surface area contributed by atoms with Crippen LogP contribution in [0.3, 0.4) is 0 Å². The van der Waals surface area contributed by atoms with E-state index in [4.69, 9.17) is 16.3 Å². The summed E-state index contributed by atoms with van der Waals surface area (Å²) in [4.78, 5) is 12.3. The third-order valence-electron chi connectivity index (χ3n) is 3.51. The van der Waals surface area contributed by atoms with Crippen molar-refractivity contribution in [3.8, 4) is 5.75 Å². The van der Waals surface area contributed by atoms with Crippen molar-refractivity contribution in [1.29, 1.82) is 0 Å². The summed E-state index contributed by atoms with van der Waals surface area (Å²) in [5.74, 6) is 0.837. The van der Waals surface area contributed by atoms with Crippen LogP contribution in [0.4, 0.5) is 0 Å². The molecule has 0 aliphatic carbocycles. The van der Waals surface area contributed by atoms with Gasteiger partial charge in [-0.1, -0.05) is 18.5 Å². The third kappa shape index (κ3) is 3.39. The Hall–Kier alpha value is -1.26. The molecular weight excluding hydrogens is 264 g/mol. The van der Waals surface area contributed by atoms with Crippen molar-refractivity contribution in [2.75, 3.05) is 20.2 Å². The quantitative estimate of drug-likeness (QED) is 0.892. The molecule has 5 heteroatoms. The molecule has 0 bridgehead atoms. The van der Waals surface area contributed by atoms with Gasteiger partial charge in [-0.25, -0.2) is 0 Å². The minimum atomic E-state index is -0.127. The smallest absolute Gasteiger partial charge is 0.255 e. The van der Waals surface area contributed by atoms with Crippen molar-refractivity contribution in [2.45, 2.75) is 19.4 Å². The van der Waals surface area contributed by atoms with Gasteiger partial charge < -0.3 is 15.4 Å². The molecule has 2 unspecified atom stereocenters. The maximum atomic E-state index is 12.3. The van der Waals surface area contributed by atoms with Crippen LogP contribution in [0.2, 0.25) is 5.02 Å². The summed E-state index contributed by atoms with van der Waals surface area (Å²) in [6, 6.07) is 5.26. The summed E-state index contributed by atoms with van der Waals surface area (Å²) >= 11 is 5.94. The Balaban J connectivity index is 2.13. The van der Waals surface area contributed by atoms with Crippen molar-refractivity contribution in [3.05, 3.63) is 28.8 Å². The monoisotopic (exact) mass is 282 g/mol. The van der Waals surface area contributed by atoms with Gasteiger partial charge in [-0.15, -0.1) is 0 Å². The zero-order valence-electron chi connectivity index (χ0n) is 11.2. The van der Waals surface area contributed by atoms with Gasteiger partial charge in [-0.3, -0.25) is 4.79 Å². The van der Waals surface area contributed by atoms with Gasteiger partial charge in [-0.05, 0) is 43.6 Å². The molecule has 1 fully saturated rings. The van der Waals surface area contributed by atoms with E-state index in [9.17, 15) is 4.79 Å². The highest BCUT2D eigenvalue weighted by atomic mass is 35.5. The van der Waals surface area contributed by atoms with Gasteiger partial charge in [0.2, 0.25) is 0 Å². The lowest BCUT2D eigenvalue weighted by Crippen LogP contribution is -2.48. The van der Waals surface area contributed by atoms with Crippen molar-refractivity contribution in [3.63, 3.8) is 0 Å². The van der Waals surface area contributed by atoms with Crippen LogP contribution in [0.1, 0.15) is 23.7 Å². The normalized spacial score (nSPS) is 22.9. The maximum absolute atomic E-state index is 12.3. The molecule has 1 aromatic rings. The first-order valence-corrected chi connectivity index (χ1v) is 6.84. The average molecular weight is 283 g/mol. The van der Waals surface area contributed by atoms with Gasteiger partial charge >= 0.3 is 0 Å². The molecule has 2 N–H and O–H groups in total. The first-order chi connectivity index (χ1) is 9.11. The molecule has 19 heavy (non-hydrogen) atoms. The Kier molecular flexibility index (Phi) is 4.66. The van der Waals surface area contributed by atoms with E-state index in [1.165, 1.54) is 0 Å². The summed E-state index contributed by atoms with van der Waals surface area (Å²) in [5, 5.41) is 6.91. The first-order valence-electron chi connectivity index (χ1n) is 6.47. The van der Waals surface area contributed by atoms with E-state index in [0.29, 0.717) is 22.3 Å². The van der Waals surface area contributed by atoms with E-state index in [1.807, 2.05) is 0 Å². The minimum absolute atomic E-state index is 0.127. The number of carbonyl (C=O) groups excluding carboxylic acids is 1. The summed E-state index contributed by atoms with van der Waals surface area (Å²) < 4.78 is 5.21. The van der Waals surface area contributed by atoms with Crippen molar-refractivity contribution >= 4 is 17.5 Å². The fourth-order valence-electron chi connectivity index (χ4n) is 2.33. The molecule has 2 rings (SSSR count). The molecule has 1 saturated heterocycles. The predicted octanol–water partition coefficient (Wildman–Crippen LogP) is 2.08. The summed E-state index contributed by atoms with van der Waals surface area (Å²) in [5.41, 5.74) is 0.487. The van der Waals surface area contributed by atoms with Gasteiger partial charge in [0.15, 0.2) is 0 Å². The predicted molar refractivity (Wildman–Crippen MR) is 75.9 cm³/mol. The van der Waals surface area contributed by atoms with Crippen LogP contribution < -0.4 is 15.4 Å². The molecule has 2 atom stereocenters. The summed E-state index contributed by atoms with van der Waals surface area (Å²) in [6.07, 6.45) is 0.940. The van der Waals surface area contributed by atoms with E-state index in [1.54, 1.807) is 25.3 Å². The number of hydrogen-bond acceptors (Lipinski definition) is 3. The van der Waals surface area contributed by atoms with Crippen molar-refractivity contribution < 1.29 is 9.53 Å². The number of carbonyl (C=O) groups is 1. The second kappa shape index (κ2) is 6.26. The highest BCUT2D eigenvalue weighted by Gasteiger charge is 2.24. The number of benzene rings is 1. The lowest BCUT2D eigenvalue weighted by molar-refractivity contribution is 0.0911. The zero-order valence-corrected chi connectivity index (χ0v) is 12.0. The van der Waals surface area contributed by atoms with Crippen LogP contribution >= 0.6 is 11.6 Å². The van der Waals surface area contributed by atoms with Crippen molar-refractivity contribution in [2.24, 2.45) is 5.92 Å². The third-order valence-corrected chi connectivity index (χ3v) is 3.74. The Morgan fingerprint density at radius 2 is 2.32 bits per heavy atom. The highest BCUT2D eigenvalue weighted by molar-refractivity contribution is 6.31. The van der Waals surface area contributed by atoms with E-state index in [2.05, 4.69) is 17.6 Å². The number of hydrogen-bond donors (Lipinski definition) is 2. The average Bonchev–Trinajstić information content (AvgIpc) is 2.41. The lowest BCUT2D eigenvalue weighted by Gasteiger charge is -2.30.